The van der Waals surface area contributed by atoms with Gasteiger partial charge in [0.2, 0.25) is 0 Å². The summed E-state index contributed by atoms with van der Waals surface area (Å²) in [4.78, 5) is 49.5. The number of carbonyl (C=O) groups is 3. The Bertz CT molecular complexity index is 1380. The summed E-state index contributed by atoms with van der Waals surface area (Å²) in [6.45, 7) is 2.06. The monoisotopic (exact) mass is 505 g/mol. The number of anilines is 1. The minimum atomic E-state index is -0.841. The number of aryl methyl sites for hydroxylation is 1. The molecule has 10 heteroatoms. The number of rotatable bonds is 7. The highest BCUT2D eigenvalue weighted by molar-refractivity contribution is 6.39. The highest BCUT2D eigenvalue weighted by Crippen LogP contribution is 2.29. The van der Waals surface area contributed by atoms with E-state index in [0.717, 1.165) is 16.9 Å². The summed E-state index contributed by atoms with van der Waals surface area (Å²) >= 11 is 6.15. The zero-order chi connectivity index (χ0) is 25.8. The lowest BCUT2D eigenvalue weighted by Crippen LogP contribution is -2.54. The molecular formula is C26H20ClN3O6. The lowest BCUT2D eigenvalue weighted by atomic mass is 10.1. The lowest BCUT2D eigenvalue weighted by molar-refractivity contribution is -0.384. The van der Waals surface area contributed by atoms with E-state index in [-0.39, 0.29) is 17.9 Å². The molecule has 1 heterocycles. The Morgan fingerprint density at radius 3 is 2.31 bits per heavy atom. The second-order valence-electron chi connectivity index (χ2n) is 7.87. The molecule has 36 heavy (non-hydrogen) atoms. The largest absolute Gasteiger partial charge is 0.488 e. The number of nitro groups is 1. The smallest absolute Gasteiger partial charge is 0.335 e. The van der Waals surface area contributed by atoms with Crippen LogP contribution in [0.3, 0.4) is 0 Å². The number of amides is 4. The molecule has 1 fully saturated rings. The molecule has 0 unspecified atom stereocenters. The van der Waals surface area contributed by atoms with E-state index in [2.05, 4.69) is 5.32 Å². The van der Waals surface area contributed by atoms with Crippen molar-refractivity contribution in [2.75, 3.05) is 4.90 Å². The predicted octanol–water partition coefficient (Wildman–Crippen LogP) is 5.06. The second-order valence-corrected chi connectivity index (χ2v) is 8.31. The van der Waals surface area contributed by atoms with E-state index in [1.54, 1.807) is 48.5 Å². The quantitative estimate of drug-likeness (QED) is 0.207. The highest BCUT2D eigenvalue weighted by atomic mass is 35.5. The van der Waals surface area contributed by atoms with Gasteiger partial charge in [0.25, 0.3) is 17.5 Å². The number of imide groups is 2. The van der Waals surface area contributed by atoms with E-state index in [0.29, 0.717) is 27.6 Å². The van der Waals surface area contributed by atoms with Crippen molar-refractivity contribution in [3.63, 3.8) is 0 Å². The molecule has 0 radical (unpaired) electrons. The molecule has 0 saturated carbocycles. The zero-order valence-electron chi connectivity index (χ0n) is 19.1. The maximum absolute atomic E-state index is 13.2. The normalized spacial score (nSPS) is 14.7. The first-order chi connectivity index (χ1) is 17.3. The van der Waals surface area contributed by atoms with E-state index in [9.17, 15) is 24.5 Å². The highest BCUT2D eigenvalue weighted by Gasteiger charge is 2.37. The molecule has 1 aliphatic rings. The van der Waals surface area contributed by atoms with Crippen molar-refractivity contribution >= 4 is 46.9 Å². The first kappa shape index (κ1) is 24.6. The first-order valence-corrected chi connectivity index (χ1v) is 11.3. The van der Waals surface area contributed by atoms with Gasteiger partial charge in [-0.1, -0.05) is 30.7 Å². The molecule has 0 atom stereocenters. The Labute approximate surface area is 211 Å². The lowest BCUT2D eigenvalue weighted by Gasteiger charge is -2.26. The van der Waals surface area contributed by atoms with E-state index in [1.807, 2.05) is 6.92 Å². The third-order valence-corrected chi connectivity index (χ3v) is 5.75. The van der Waals surface area contributed by atoms with Gasteiger partial charge < -0.3 is 4.74 Å². The van der Waals surface area contributed by atoms with E-state index in [4.69, 9.17) is 16.3 Å². The average Bonchev–Trinajstić information content (AvgIpc) is 2.86. The summed E-state index contributed by atoms with van der Waals surface area (Å²) in [7, 11) is 0. The standard InChI is InChI=1S/C26H20ClN3O6/c1-2-16-3-8-20(9-4-16)29-25(32)22(24(31)28-26(29)33)14-18-13-19(27)7-12-23(18)36-15-17-5-10-21(11-6-17)30(34)35/h3-14H,2,15H2,1H3,(H,28,31,33)/b22-14+. The van der Waals surface area contributed by atoms with Gasteiger partial charge >= 0.3 is 6.03 Å². The number of benzene rings is 3. The van der Waals surface area contributed by atoms with Crippen molar-refractivity contribution in [2.24, 2.45) is 0 Å². The molecule has 9 nitrogen and oxygen atoms in total. The van der Waals surface area contributed by atoms with Crippen LogP contribution in [-0.2, 0) is 22.6 Å². The van der Waals surface area contributed by atoms with Crippen LogP contribution in [0.1, 0.15) is 23.6 Å². The van der Waals surface area contributed by atoms with E-state index < -0.39 is 22.8 Å². The number of nitrogens with zero attached hydrogens (tertiary/aromatic N) is 2. The molecule has 1 N–H and O–H groups in total. The molecular weight excluding hydrogens is 486 g/mol. The fourth-order valence-corrected chi connectivity index (χ4v) is 3.75. The first-order valence-electron chi connectivity index (χ1n) is 10.9. The van der Waals surface area contributed by atoms with Crippen LogP contribution >= 0.6 is 11.6 Å². The molecule has 0 bridgehead atoms. The van der Waals surface area contributed by atoms with Crippen LogP contribution in [0.25, 0.3) is 6.08 Å². The summed E-state index contributed by atoms with van der Waals surface area (Å²) in [5, 5.41) is 13.4. The van der Waals surface area contributed by atoms with Crippen molar-refractivity contribution in [2.45, 2.75) is 20.0 Å². The summed E-state index contributed by atoms with van der Waals surface area (Å²) in [5.74, 6) is -1.30. The molecule has 4 rings (SSSR count). The maximum Gasteiger partial charge on any atom is 0.335 e. The van der Waals surface area contributed by atoms with Crippen LogP contribution in [-0.4, -0.2) is 22.8 Å². The number of halogens is 1. The summed E-state index contributed by atoms with van der Waals surface area (Å²) in [6, 6.07) is 16.6. The van der Waals surface area contributed by atoms with Crippen LogP contribution in [0.15, 0.2) is 72.3 Å². The molecule has 4 amide bonds. The minimum Gasteiger partial charge on any atom is -0.488 e. The fourth-order valence-electron chi connectivity index (χ4n) is 3.57. The number of nitrogens with one attached hydrogen (secondary N) is 1. The van der Waals surface area contributed by atoms with E-state index >= 15 is 0 Å². The summed E-state index contributed by atoms with van der Waals surface area (Å²) in [5.41, 5.74) is 2.07. The number of non-ortho nitro benzene ring substituents is 1. The Hall–Kier alpha value is -4.50. The summed E-state index contributed by atoms with van der Waals surface area (Å²) in [6.07, 6.45) is 2.11. The Morgan fingerprint density at radius 1 is 1.00 bits per heavy atom. The van der Waals surface area contributed by atoms with E-state index in [1.165, 1.54) is 24.3 Å². The zero-order valence-corrected chi connectivity index (χ0v) is 19.8. The molecule has 1 saturated heterocycles. The van der Waals surface area contributed by atoms with Gasteiger partial charge in [-0.15, -0.1) is 0 Å². The Kier molecular flexibility index (Phi) is 7.12. The van der Waals surface area contributed by atoms with Gasteiger partial charge in [-0.25, -0.2) is 9.69 Å². The van der Waals surface area contributed by atoms with Gasteiger partial charge in [0.15, 0.2) is 0 Å². The van der Waals surface area contributed by atoms with Crippen LogP contribution in [0, 0.1) is 10.1 Å². The van der Waals surface area contributed by atoms with Gasteiger partial charge in [-0.2, -0.15) is 0 Å². The molecule has 1 aliphatic heterocycles. The summed E-state index contributed by atoms with van der Waals surface area (Å²) < 4.78 is 5.85. The van der Waals surface area contributed by atoms with Crippen LogP contribution in [0.2, 0.25) is 5.02 Å². The number of urea groups is 1. The number of hydrogen-bond donors (Lipinski definition) is 1. The number of ether oxygens (including phenoxy) is 1. The number of carbonyl (C=O) groups excluding carboxylic acids is 3. The third kappa shape index (κ3) is 5.26. The van der Waals surface area contributed by atoms with Crippen molar-refractivity contribution in [1.29, 1.82) is 0 Å². The third-order valence-electron chi connectivity index (χ3n) is 5.52. The number of barbiturate groups is 1. The molecule has 3 aromatic carbocycles. The number of nitro benzene ring substituents is 1. The number of hydrogen-bond acceptors (Lipinski definition) is 6. The molecule has 182 valence electrons. The molecule has 3 aromatic rings. The van der Waals surface area contributed by atoms with Gasteiger partial charge in [0, 0.05) is 22.7 Å². The van der Waals surface area contributed by atoms with Gasteiger partial charge in [-0.3, -0.25) is 25.0 Å². The SMILES string of the molecule is CCc1ccc(N2C(=O)NC(=O)/C(=C\c3cc(Cl)ccc3OCc3ccc([N+](=O)[O-])cc3)C2=O)cc1. The minimum absolute atomic E-state index is 0.0408. The van der Waals surface area contributed by atoms with Crippen LogP contribution in [0.4, 0.5) is 16.2 Å². The molecule has 0 spiro atoms. The topological polar surface area (TPSA) is 119 Å². The Balaban J connectivity index is 1.62. The van der Waals surface area contributed by atoms with Crippen LogP contribution < -0.4 is 15.0 Å². The Morgan fingerprint density at radius 2 is 1.67 bits per heavy atom. The predicted molar refractivity (Wildman–Crippen MR) is 134 cm³/mol. The second kappa shape index (κ2) is 10.4. The van der Waals surface area contributed by atoms with Crippen LogP contribution in [0.5, 0.6) is 5.75 Å². The molecule has 0 aromatic heterocycles. The van der Waals surface area contributed by atoms with Gasteiger partial charge in [0.1, 0.15) is 17.9 Å². The average molecular weight is 506 g/mol. The van der Waals surface area contributed by atoms with Crippen molar-refractivity contribution in [1.82, 2.24) is 5.32 Å². The van der Waals surface area contributed by atoms with Crippen molar-refractivity contribution < 1.29 is 24.0 Å². The molecule has 0 aliphatic carbocycles. The van der Waals surface area contributed by atoms with Gasteiger partial charge in [0.05, 0.1) is 10.6 Å². The maximum atomic E-state index is 13.2. The van der Waals surface area contributed by atoms with Gasteiger partial charge in [-0.05, 0) is 66.1 Å². The van der Waals surface area contributed by atoms with Crippen molar-refractivity contribution in [3.05, 3.63) is 104 Å². The fraction of sp³-hybridized carbons (Fsp3) is 0.115. The van der Waals surface area contributed by atoms with Crippen molar-refractivity contribution in [3.8, 4) is 5.75 Å².